The fraction of sp³-hybridized carbons (Fsp3) is 0.435. The molecule has 1 aliphatic carbocycles. The number of hydrogen-bond acceptors (Lipinski definition) is 4. The highest BCUT2D eigenvalue weighted by atomic mass is 19.4. The predicted molar refractivity (Wildman–Crippen MR) is 108 cm³/mol. The number of fused-ring (bicyclic) bond motifs is 1. The Kier molecular flexibility index (Phi) is 6.56. The van der Waals surface area contributed by atoms with E-state index < -0.39 is 36.1 Å². The van der Waals surface area contributed by atoms with Gasteiger partial charge in [0.05, 0.1) is 12.2 Å². The number of esters is 1. The van der Waals surface area contributed by atoms with Crippen molar-refractivity contribution in [3.8, 4) is 5.75 Å². The zero-order chi connectivity index (χ0) is 24.7. The van der Waals surface area contributed by atoms with E-state index in [9.17, 15) is 36.2 Å². The summed E-state index contributed by atoms with van der Waals surface area (Å²) < 4.78 is 89.5. The molecule has 0 amide bonds. The molecule has 1 saturated carbocycles. The van der Waals surface area contributed by atoms with E-state index in [0.717, 1.165) is 0 Å². The lowest BCUT2D eigenvalue weighted by atomic mass is 9.87. The molecule has 3 rings (SSSR count). The van der Waals surface area contributed by atoms with Crippen molar-refractivity contribution in [3.63, 3.8) is 0 Å². The Hall–Kier alpha value is -2.59. The molecule has 1 N–H and O–H groups in total. The van der Waals surface area contributed by atoms with E-state index in [1.54, 1.807) is 24.3 Å². The van der Waals surface area contributed by atoms with Crippen molar-refractivity contribution >= 4 is 16.7 Å². The van der Waals surface area contributed by atoms with Crippen LogP contribution in [-0.2, 0) is 15.1 Å². The van der Waals surface area contributed by atoms with E-state index in [1.165, 1.54) is 19.1 Å². The zero-order valence-electron chi connectivity index (χ0n) is 17.6. The summed E-state index contributed by atoms with van der Waals surface area (Å²) in [5.74, 6) is -0.433. The van der Waals surface area contributed by atoms with Gasteiger partial charge in [0.25, 0.3) is 5.60 Å². The van der Waals surface area contributed by atoms with Gasteiger partial charge >= 0.3 is 18.3 Å². The second kappa shape index (κ2) is 8.64. The number of alkyl halides is 6. The molecular formula is C23H22F6O4. The molecule has 2 aromatic rings. The Morgan fingerprint density at radius 2 is 1.67 bits per heavy atom. The first-order valence-electron chi connectivity index (χ1n) is 10.1. The third-order valence-electron chi connectivity index (χ3n) is 5.81. The summed E-state index contributed by atoms with van der Waals surface area (Å²) in [6.07, 6.45) is -10.5. The number of aliphatic hydroxyl groups is 1. The topological polar surface area (TPSA) is 55.8 Å². The molecule has 10 heteroatoms. The van der Waals surface area contributed by atoms with Crippen LogP contribution in [0.2, 0.25) is 0 Å². The summed E-state index contributed by atoms with van der Waals surface area (Å²) in [6.45, 7) is 2.99. The van der Waals surface area contributed by atoms with Gasteiger partial charge in [-0.2, -0.15) is 26.3 Å². The molecule has 0 saturated heterocycles. The number of carbonyl (C=O) groups excluding carboxylic acids is 1. The second-order valence-electron chi connectivity index (χ2n) is 8.20. The van der Waals surface area contributed by atoms with Crippen LogP contribution in [0.5, 0.6) is 5.75 Å². The molecule has 0 heterocycles. The van der Waals surface area contributed by atoms with Crippen LogP contribution in [-0.4, -0.2) is 35.6 Å². The highest BCUT2D eigenvalue weighted by molar-refractivity contribution is 5.91. The summed E-state index contributed by atoms with van der Waals surface area (Å²) in [5.41, 5.74) is -5.85. The van der Waals surface area contributed by atoms with Gasteiger partial charge in [-0.15, -0.1) is 0 Å². The maximum Gasteiger partial charge on any atom is 0.428 e. The van der Waals surface area contributed by atoms with Crippen LogP contribution in [0.3, 0.4) is 0 Å². The average Bonchev–Trinajstić information content (AvgIpc) is 3.19. The third kappa shape index (κ3) is 4.72. The summed E-state index contributed by atoms with van der Waals surface area (Å²) in [5, 5.41) is 10.6. The highest BCUT2D eigenvalue weighted by Gasteiger charge is 2.71. The van der Waals surface area contributed by atoms with Crippen LogP contribution in [0.4, 0.5) is 26.3 Å². The molecule has 0 bridgehead atoms. The van der Waals surface area contributed by atoms with Crippen molar-refractivity contribution in [3.05, 3.63) is 54.1 Å². The van der Waals surface area contributed by atoms with Crippen LogP contribution in [0, 0.1) is 0 Å². The first-order chi connectivity index (χ1) is 15.2. The number of ether oxygens (including phenoxy) is 2. The van der Waals surface area contributed by atoms with E-state index in [0.29, 0.717) is 29.2 Å². The lowest BCUT2D eigenvalue weighted by Gasteiger charge is -2.37. The molecular weight excluding hydrogens is 454 g/mol. The van der Waals surface area contributed by atoms with E-state index in [4.69, 9.17) is 9.47 Å². The van der Waals surface area contributed by atoms with Crippen molar-refractivity contribution in [2.75, 3.05) is 6.61 Å². The number of rotatable bonds is 6. The lowest BCUT2D eigenvalue weighted by Crippen LogP contribution is -2.60. The molecule has 0 radical (unpaired) electrons. The molecule has 0 unspecified atom stereocenters. The third-order valence-corrected chi connectivity index (χ3v) is 5.81. The van der Waals surface area contributed by atoms with Crippen molar-refractivity contribution in [1.29, 1.82) is 0 Å². The van der Waals surface area contributed by atoms with Gasteiger partial charge in [0, 0.05) is 5.57 Å². The maximum absolute atomic E-state index is 13.2. The monoisotopic (exact) mass is 476 g/mol. The molecule has 0 aromatic heterocycles. The van der Waals surface area contributed by atoms with Crippen molar-refractivity contribution < 1.29 is 45.7 Å². The van der Waals surface area contributed by atoms with Crippen LogP contribution in [0.15, 0.2) is 48.6 Å². The maximum atomic E-state index is 13.2. The molecule has 1 aliphatic rings. The minimum absolute atomic E-state index is 0.184. The van der Waals surface area contributed by atoms with Crippen LogP contribution in [0.1, 0.15) is 38.2 Å². The quantitative estimate of drug-likeness (QED) is 0.242. The molecule has 0 aliphatic heterocycles. The Bertz CT molecular complexity index is 1040. The normalized spacial score (nSPS) is 16.7. The first kappa shape index (κ1) is 25.0. The van der Waals surface area contributed by atoms with Gasteiger partial charge in [0.1, 0.15) is 5.75 Å². The van der Waals surface area contributed by atoms with Crippen LogP contribution < -0.4 is 4.74 Å². The van der Waals surface area contributed by atoms with Gasteiger partial charge < -0.3 is 14.6 Å². The Morgan fingerprint density at radius 1 is 1.06 bits per heavy atom. The Morgan fingerprint density at radius 3 is 2.21 bits per heavy atom. The molecule has 180 valence electrons. The summed E-state index contributed by atoms with van der Waals surface area (Å²) in [6, 6.07) is 9.40. The van der Waals surface area contributed by atoms with Gasteiger partial charge in [-0.05, 0) is 48.2 Å². The fourth-order valence-electron chi connectivity index (χ4n) is 3.92. The van der Waals surface area contributed by atoms with Crippen LogP contribution in [0.25, 0.3) is 10.8 Å². The number of carbonyl (C=O) groups is 1. The fourth-order valence-corrected chi connectivity index (χ4v) is 3.92. The highest BCUT2D eigenvalue weighted by Crippen LogP contribution is 2.49. The number of hydrogen-bond donors (Lipinski definition) is 1. The number of benzene rings is 2. The Labute approximate surface area is 185 Å². The van der Waals surface area contributed by atoms with Gasteiger partial charge in [0.2, 0.25) is 0 Å². The zero-order valence-corrected chi connectivity index (χ0v) is 17.6. The van der Waals surface area contributed by atoms with Crippen molar-refractivity contribution in [2.24, 2.45) is 0 Å². The second-order valence-corrected chi connectivity index (χ2v) is 8.20. The van der Waals surface area contributed by atoms with Gasteiger partial charge in [-0.3, -0.25) is 0 Å². The van der Waals surface area contributed by atoms with Gasteiger partial charge in [0.15, 0.2) is 0 Å². The number of halogens is 6. The van der Waals surface area contributed by atoms with Crippen molar-refractivity contribution in [1.82, 2.24) is 0 Å². The minimum Gasteiger partial charge on any atom is -0.423 e. The summed E-state index contributed by atoms with van der Waals surface area (Å²) in [7, 11) is 0. The van der Waals surface area contributed by atoms with Crippen LogP contribution >= 0.6 is 0 Å². The van der Waals surface area contributed by atoms with E-state index >= 15 is 0 Å². The molecule has 2 aromatic carbocycles. The SMILES string of the molecule is C=C(C)C(=O)Oc1ccc2c(C3(OCC(O)(C(F)(F)F)C(F)(F)F)CCCC3)cccc2c1. The predicted octanol–water partition coefficient (Wildman–Crippen LogP) is 5.96. The van der Waals surface area contributed by atoms with Crippen molar-refractivity contribution in [2.45, 2.75) is 56.2 Å². The van der Waals surface area contributed by atoms with E-state index in [-0.39, 0.29) is 24.2 Å². The molecule has 0 spiro atoms. The molecule has 4 nitrogen and oxygen atoms in total. The summed E-state index contributed by atoms with van der Waals surface area (Å²) >= 11 is 0. The molecule has 0 atom stereocenters. The smallest absolute Gasteiger partial charge is 0.423 e. The van der Waals surface area contributed by atoms with E-state index in [1.807, 2.05) is 0 Å². The molecule has 33 heavy (non-hydrogen) atoms. The van der Waals surface area contributed by atoms with Gasteiger partial charge in [-0.1, -0.05) is 43.7 Å². The Balaban J connectivity index is 2.00. The van der Waals surface area contributed by atoms with Gasteiger partial charge in [-0.25, -0.2) is 4.79 Å². The average molecular weight is 476 g/mol. The first-order valence-corrected chi connectivity index (χ1v) is 10.1. The standard InChI is InChI=1S/C23H22F6O4/c1-14(2)19(30)33-16-8-9-17-15(12-16)6-5-7-18(17)20(10-3-4-11-20)32-13-21(31,22(24,25)26)23(27,28)29/h5-9,12,31H,1,3-4,10-11,13H2,2H3. The van der Waals surface area contributed by atoms with E-state index in [2.05, 4.69) is 6.58 Å². The molecule has 1 fully saturated rings. The summed E-state index contributed by atoms with van der Waals surface area (Å²) in [4.78, 5) is 11.8. The largest absolute Gasteiger partial charge is 0.428 e. The lowest BCUT2D eigenvalue weighted by molar-refractivity contribution is -0.383. The minimum atomic E-state index is -5.97.